The lowest BCUT2D eigenvalue weighted by atomic mass is 9.75. The van der Waals surface area contributed by atoms with Gasteiger partial charge in [0, 0.05) is 18.0 Å². The lowest BCUT2D eigenvalue weighted by Crippen LogP contribution is -3.08. The topological polar surface area (TPSA) is 7.68 Å². The first kappa shape index (κ1) is 22.9. The molecule has 0 saturated heterocycles. The van der Waals surface area contributed by atoms with Gasteiger partial charge in [-0.15, -0.1) is 0 Å². The van der Waals surface area contributed by atoms with E-state index in [9.17, 15) is 0 Å². The molecular formula is C29H35N2S2+. The van der Waals surface area contributed by atoms with E-state index < -0.39 is 0 Å². The van der Waals surface area contributed by atoms with Gasteiger partial charge in [-0.2, -0.15) is 0 Å². The van der Waals surface area contributed by atoms with Gasteiger partial charge in [-0.1, -0.05) is 55.6 Å². The van der Waals surface area contributed by atoms with E-state index in [0.717, 1.165) is 19.4 Å². The fourth-order valence-corrected chi connectivity index (χ4v) is 8.10. The SMILES string of the molecule is CC[NH+]1c2ccc(C)cc2SC1/C=C1C=C(/C=C2\Sc3cc(C)ccc3N2C)CC(C)(C)C/1. The van der Waals surface area contributed by atoms with Crippen molar-refractivity contribution in [2.45, 2.75) is 62.6 Å². The molecule has 0 aromatic heterocycles. The average molecular weight is 476 g/mol. The average Bonchev–Trinajstić information content (AvgIpc) is 3.22. The molecule has 2 atom stereocenters. The number of likely N-dealkylation sites (N-methyl/N-ethyl adjacent to an activating group) is 1. The van der Waals surface area contributed by atoms with E-state index in [-0.39, 0.29) is 5.41 Å². The third-order valence-corrected chi connectivity index (χ3v) is 9.31. The van der Waals surface area contributed by atoms with Crippen molar-refractivity contribution < 1.29 is 4.90 Å². The maximum atomic E-state index is 2.56. The number of nitrogens with zero attached hydrogens (tertiary/aromatic N) is 1. The van der Waals surface area contributed by atoms with Gasteiger partial charge in [-0.3, -0.25) is 4.90 Å². The summed E-state index contributed by atoms with van der Waals surface area (Å²) in [6.07, 6.45) is 9.73. The van der Waals surface area contributed by atoms with E-state index in [4.69, 9.17) is 0 Å². The van der Waals surface area contributed by atoms with Gasteiger partial charge in [0.05, 0.1) is 22.2 Å². The van der Waals surface area contributed by atoms with Gasteiger partial charge in [0.25, 0.3) is 0 Å². The third-order valence-electron chi connectivity index (χ3n) is 6.89. The van der Waals surface area contributed by atoms with E-state index in [1.165, 1.54) is 48.5 Å². The van der Waals surface area contributed by atoms with Crippen LogP contribution >= 0.6 is 23.5 Å². The zero-order valence-corrected chi connectivity index (χ0v) is 22.3. The Morgan fingerprint density at radius 2 is 1.79 bits per heavy atom. The van der Waals surface area contributed by atoms with Crippen LogP contribution in [0.2, 0.25) is 0 Å². The van der Waals surface area contributed by atoms with Gasteiger partial charge in [0.15, 0.2) is 5.37 Å². The number of benzene rings is 2. The van der Waals surface area contributed by atoms with Crippen LogP contribution in [0.15, 0.2) is 80.6 Å². The Bertz CT molecular complexity index is 1190. The maximum Gasteiger partial charge on any atom is 0.163 e. The summed E-state index contributed by atoms with van der Waals surface area (Å²) in [5.74, 6) is 0. The Morgan fingerprint density at radius 3 is 2.55 bits per heavy atom. The van der Waals surface area contributed by atoms with Crippen LogP contribution in [0.4, 0.5) is 11.4 Å². The second kappa shape index (κ2) is 8.72. The fraction of sp³-hybridized carbons (Fsp3) is 0.379. The molecular weight excluding hydrogens is 440 g/mol. The number of quaternary nitrogens is 1. The molecule has 5 rings (SSSR count). The van der Waals surface area contributed by atoms with Crippen molar-refractivity contribution in [2.24, 2.45) is 5.41 Å². The summed E-state index contributed by atoms with van der Waals surface area (Å²) < 4.78 is 0. The standard InChI is InChI=1S/C29H34N2S2/c1-7-31-24-11-9-20(3)13-26(24)33-28(31)16-22-14-21(17-29(4,5)18-22)15-27-30(6)23-10-8-19(2)12-25(23)32-27/h8-16,28H,7,17-18H2,1-6H3/p+1/b22-16-,27-15-. The molecule has 2 aliphatic heterocycles. The van der Waals surface area contributed by atoms with Crippen molar-refractivity contribution in [3.8, 4) is 0 Å². The van der Waals surface area contributed by atoms with Crippen molar-refractivity contribution in [3.05, 3.63) is 81.9 Å². The molecule has 1 aliphatic carbocycles. The van der Waals surface area contributed by atoms with Gasteiger partial charge in [-0.25, -0.2) is 0 Å². The van der Waals surface area contributed by atoms with Crippen LogP contribution in [0.25, 0.3) is 0 Å². The van der Waals surface area contributed by atoms with E-state index >= 15 is 0 Å². The van der Waals surface area contributed by atoms with Crippen LogP contribution in [0.3, 0.4) is 0 Å². The highest BCUT2D eigenvalue weighted by molar-refractivity contribution is 8.03. The van der Waals surface area contributed by atoms with Crippen LogP contribution in [0, 0.1) is 19.3 Å². The highest BCUT2D eigenvalue weighted by Gasteiger charge is 2.34. The minimum Gasteiger partial charge on any atom is -0.338 e. The van der Waals surface area contributed by atoms with Crippen molar-refractivity contribution in [1.82, 2.24) is 0 Å². The number of anilines is 1. The lowest BCUT2D eigenvalue weighted by molar-refractivity contribution is -0.833. The van der Waals surface area contributed by atoms with Crippen LogP contribution in [0.5, 0.6) is 0 Å². The predicted octanol–water partition coefficient (Wildman–Crippen LogP) is 7.03. The molecule has 2 nitrogen and oxygen atoms in total. The van der Waals surface area contributed by atoms with E-state index in [0.29, 0.717) is 5.37 Å². The summed E-state index contributed by atoms with van der Waals surface area (Å²) in [7, 11) is 2.20. The number of thioether (sulfide) groups is 2. The highest BCUT2D eigenvalue weighted by atomic mass is 32.2. The minimum absolute atomic E-state index is 0.275. The van der Waals surface area contributed by atoms with Gasteiger partial charge in [0.2, 0.25) is 0 Å². The second-order valence-electron chi connectivity index (χ2n) is 10.5. The predicted molar refractivity (Wildman–Crippen MR) is 145 cm³/mol. The number of hydrogen-bond donors (Lipinski definition) is 1. The number of allylic oxidation sites excluding steroid dienone is 4. The van der Waals surface area contributed by atoms with E-state index in [1.807, 2.05) is 23.5 Å². The monoisotopic (exact) mass is 475 g/mol. The Kier molecular flexibility index (Phi) is 6.05. The minimum atomic E-state index is 0.275. The molecule has 2 unspecified atom stereocenters. The van der Waals surface area contributed by atoms with Crippen molar-refractivity contribution in [2.75, 3.05) is 18.5 Å². The van der Waals surface area contributed by atoms with E-state index in [1.54, 1.807) is 4.90 Å². The molecule has 172 valence electrons. The largest absolute Gasteiger partial charge is 0.338 e. The second-order valence-corrected chi connectivity index (χ2v) is 12.8. The Hall–Kier alpha value is -1.88. The maximum absolute atomic E-state index is 2.56. The van der Waals surface area contributed by atoms with Gasteiger partial charge < -0.3 is 4.90 Å². The molecule has 0 amide bonds. The van der Waals surface area contributed by atoms with Crippen LogP contribution in [-0.4, -0.2) is 19.0 Å². The first-order valence-corrected chi connectivity index (χ1v) is 13.7. The van der Waals surface area contributed by atoms with Crippen LogP contribution in [0.1, 0.15) is 44.7 Å². The van der Waals surface area contributed by atoms with Crippen LogP contribution in [-0.2, 0) is 0 Å². The Labute approximate surface area is 207 Å². The zero-order chi connectivity index (χ0) is 23.3. The number of nitrogens with one attached hydrogen (secondary N) is 1. The lowest BCUT2D eigenvalue weighted by Gasteiger charge is -2.31. The summed E-state index contributed by atoms with van der Waals surface area (Å²) in [5, 5.41) is 1.79. The van der Waals surface area contributed by atoms with Crippen molar-refractivity contribution in [3.63, 3.8) is 0 Å². The molecule has 4 heteroatoms. The molecule has 33 heavy (non-hydrogen) atoms. The van der Waals surface area contributed by atoms with E-state index in [2.05, 4.69) is 101 Å². The molecule has 3 aliphatic rings. The summed E-state index contributed by atoms with van der Waals surface area (Å²) in [6.45, 7) is 12.6. The summed E-state index contributed by atoms with van der Waals surface area (Å²) in [4.78, 5) is 6.75. The molecule has 0 bridgehead atoms. The first-order valence-electron chi connectivity index (χ1n) is 12.0. The smallest absolute Gasteiger partial charge is 0.163 e. The van der Waals surface area contributed by atoms with Gasteiger partial charge >= 0.3 is 0 Å². The molecule has 2 aromatic carbocycles. The Balaban J connectivity index is 1.45. The Morgan fingerprint density at radius 1 is 1.06 bits per heavy atom. The quantitative estimate of drug-likeness (QED) is 0.510. The fourth-order valence-electron chi connectivity index (χ4n) is 5.35. The summed E-state index contributed by atoms with van der Waals surface area (Å²) >= 11 is 3.94. The van der Waals surface area contributed by atoms with Crippen molar-refractivity contribution in [1.29, 1.82) is 0 Å². The number of rotatable bonds is 3. The molecule has 0 spiro atoms. The van der Waals surface area contributed by atoms with Gasteiger partial charge in [-0.05, 0) is 91.7 Å². The first-order chi connectivity index (χ1) is 15.7. The normalized spacial score (nSPS) is 26.0. The molecule has 2 aromatic rings. The molecule has 0 radical (unpaired) electrons. The molecule has 2 heterocycles. The third kappa shape index (κ3) is 4.58. The molecule has 1 N–H and O–H groups in total. The number of aryl methyl sites for hydroxylation is 2. The summed E-state index contributed by atoms with van der Waals surface area (Å²) in [6, 6.07) is 13.7. The van der Waals surface area contributed by atoms with Gasteiger partial charge in [0.1, 0.15) is 5.69 Å². The zero-order valence-electron chi connectivity index (χ0n) is 20.7. The number of hydrogen-bond acceptors (Lipinski definition) is 3. The summed E-state index contributed by atoms with van der Waals surface area (Å²) in [5.41, 5.74) is 8.68. The molecule has 0 fully saturated rings. The molecule has 0 saturated carbocycles. The van der Waals surface area contributed by atoms with Crippen molar-refractivity contribution >= 4 is 34.9 Å². The number of fused-ring (bicyclic) bond motifs is 2. The van der Waals surface area contributed by atoms with Crippen LogP contribution < -0.4 is 9.80 Å². The highest BCUT2D eigenvalue weighted by Crippen LogP contribution is 2.47.